The van der Waals surface area contributed by atoms with Crippen molar-refractivity contribution in [3.63, 3.8) is 0 Å². The van der Waals surface area contributed by atoms with Gasteiger partial charge in [0.25, 0.3) is 0 Å². The van der Waals surface area contributed by atoms with Crippen LogP contribution in [0, 0.1) is 11.6 Å². The van der Waals surface area contributed by atoms with Gasteiger partial charge in [-0.3, -0.25) is 14.5 Å². The summed E-state index contributed by atoms with van der Waals surface area (Å²) >= 11 is 6.37. The number of carbonyl (C=O) groups excluding carboxylic acids is 3. The number of nitrogens with one attached hydrogen (secondary N) is 2. The molecule has 0 aliphatic carbocycles. The minimum atomic E-state index is -3.89. The van der Waals surface area contributed by atoms with Gasteiger partial charge in [0.2, 0.25) is 11.8 Å². The summed E-state index contributed by atoms with van der Waals surface area (Å²) in [4.78, 5) is 40.4. The van der Waals surface area contributed by atoms with Gasteiger partial charge in [-0.2, -0.15) is 0 Å². The van der Waals surface area contributed by atoms with Crippen LogP contribution in [0.5, 0.6) is 0 Å². The van der Waals surface area contributed by atoms with Crippen molar-refractivity contribution in [2.45, 2.75) is 95.7 Å². The number of esters is 1. The standard InChI is InChI=1S/C35H48F2N4O6S3/c1-4-8-28(9-5-2)50(45,46)22-30(40-32(42)12-13-41-33(43)21-49-35(41)48)34(44)47-31(20-39-19-24-11-7-10-23(6-3)14-24)29(38)17-25-15-26(36)18-27(37)16-25/h7,10-11,14-16,18,28-31,39H,4-6,8-9,12-13,17,19-22,38H2,1-3H3,(H,40,42)/t29-,30-,31+/m0/s1. The Morgan fingerprint density at radius 1 is 1.04 bits per heavy atom. The molecule has 0 aromatic heterocycles. The molecule has 50 heavy (non-hydrogen) atoms. The van der Waals surface area contributed by atoms with E-state index in [1.54, 1.807) is 0 Å². The Morgan fingerprint density at radius 2 is 1.70 bits per heavy atom. The number of sulfone groups is 1. The van der Waals surface area contributed by atoms with E-state index in [1.165, 1.54) is 16.7 Å². The van der Waals surface area contributed by atoms with Crippen LogP contribution in [-0.4, -0.2) is 83.5 Å². The lowest BCUT2D eigenvalue weighted by Gasteiger charge is -2.28. The third-order valence-electron chi connectivity index (χ3n) is 8.36. The molecule has 2 aromatic carbocycles. The second-order valence-corrected chi connectivity index (χ2v) is 16.4. The number of benzene rings is 2. The van der Waals surface area contributed by atoms with Crippen LogP contribution in [0.4, 0.5) is 8.78 Å². The van der Waals surface area contributed by atoms with Gasteiger partial charge in [0.1, 0.15) is 28.1 Å². The Balaban J connectivity index is 1.85. The largest absolute Gasteiger partial charge is 0.458 e. The summed E-state index contributed by atoms with van der Waals surface area (Å²) in [7, 11) is -3.89. The molecule has 2 aromatic rings. The van der Waals surface area contributed by atoms with Crippen LogP contribution in [0.25, 0.3) is 0 Å². The van der Waals surface area contributed by atoms with E-state index in [-0.39, 0.29) is 43.2 Å². The molecule has 0 saturated carbocycles. The first-order valence-corrected chi connectivity index (χ1v) is 20.0. The molecular weight excluding hydrogens is 707 g/mol. The van der Waals surface area contributed by atoms with Gasteiger partial charge in [-0.1, -0.05) is 81.9 Å². The van der Waals surface area contributed by atoms with Gasteiger partial charge in [0, 0.05) is 38.2 Å². The number of nitrogens with two attached hydrogens (primary N) is 1. The summed E-state index contributed by atoms with van der Waals surface area (Å²) in [6, 6.07) is 8.37. The van der Waals surface area contributed by atoms with Crippen molar-refractivity contribution in [1.82, 2.24) is 15.5 Å². The number of thiocarbonyl (C=S) groups is 1. The maximum absolute atomic E-state index is 14.0. The number of hydrogen-bond acceptors (Lipinski definition) is 10. The lowest BCUT2D eigenvalue weighted by molar-refractivity contribution is -0.153. The summed E-state index contributed by atoms with van der Waals surface area (Å²) in [5.74, 6) is -4.02. The van der Waals surface area contributed by atoms with Crippen LogP contribution < -0.4 is 16.4 Å². The fourth-order valence-corrected chi connectivity index (χ4v) is 8.99. The van der Waals surface area contributed by atoms with E-state index in [0.29, 0.717) is 36.5 Å². The quantitative estimate of drug-likeness (QED) is 0.125. The van der Waals surface area contributed by atoms with Crippen LogP contribution in [0.15, 0.2) is 42.5 Å². The Hall–Kier alpha value is -2.98. The summed E-state index contributed by atoms with van der Waals surface area (Å²) in [5, 5.41) is 5.03. The number of amides is 2. The topological polar surface area (TPSA) is 148 Å². The van der Waals surface area contributed by atoms with Gasteiger partial charge in [-0.25, -0.2) is 22.0 Å². The molecule has 1 aliphatic heterocycles. The van der Waals surface area contributed by atoms with Gasteiger partial charge in [-0.05, 0) is 54.5 Å². The highest BCUT2D eigenvalue weighted by molar-refractivity contribution is 8.23. The molecule has 1 fully saturated rings. The average molecular weight is 755 g/mol. The fraction of sp³-hybridized carbons (Fsp3) is 0.543. The Morgan fingerprint density at radius 3 is 2.30 bits per heavy atom. The van der Waals surface area contributed by atoms with Crippen molar-refractivity contribution in [2.75, 3.05) is 24.6 Å². The van der Waals surface area contributed by atoms with Crippen molar-refractivity contribution in [1.29, 1.82) is 0 Å². The molecule has 3 atom stereocenters. The molecule has 276 valence electrons. The first-order valence-electron chi connectivity index (χ1n) is 16.9. The van der Waals surface area contributed by atoms with Crippen molar-refractivity contribution in [2.24, 2.45) is 5.73 Å². The number of ether oxygens (including phenoxy) is 1. The highest BCUT2D eigenvalue weighted by Gasteiger charge is 2.35. The first kappa shape index (κ1) is 41.4. The normalized spacial score (nSPS) is 15.3. The lowest BCUT2D eigenvalue weighted by atomic mass is 10.0. The molecule has 1 aliphatic rings. The zero-order valence-electron chi connectivity index (χ0n) is 28.8. The van der Waals surface area contributed by atoms with Gasteiger partial charge >= 0.3 is 5.97 Å². The van der Waals surface area contributed by atoms with E-state index in [0.717, 1.165) is 35.7 Å². The number of carbonyl (C=O) groups is 3. The molecule has 2 amide bonds. The Labute approximate surface area is 303 Å². The minimum absolute atomic E-state index is 0.0228. The second-order valence-electron chi connectivity index (χ2n) is 12.4. The Kier molecular flexibility index (Phi) is 16.7. The smallest absolute Gasteiger partial charge is 0.330 e. The van der Waals surface area contributed by atoms with Crippen molar-refractivity contribution >= 4 is 55.9 Å². The van der Waals surface area contributed by atoms with Crippen molar-refractivity contribution < 1.29 is 36.3 Å². The van der Waals surface area contributed by atoms with Crippen molar-refractivity contribution in [3.8, 4) is 0 Å². The Bertz CT molecular complexity index is 1550. The molecule has 1 heterocycles. The van der Waals surface area contributed by atoms with E-state index < -0.39 is 62.5 Å². The molecule has 0 unspecified atom stereocenters. The average Bonchev–Trinajstić information content (AvgIpc) is 3.38. The highest BCUT2D eigenvalue weighted by Crippen LogP contribution is 2.20. The fourth-order valence-electron chi connectivity index (χ4n) is 5.72. The van der Waals surface area contributed by atoms with E-state index in [9.17, 15) is 31.6 Å². The molecule has 15 heteroatoms. The lowest BCUT2D eigenvalue weighted by Crippen LogP contribution is -2.52. The maximum Gasteiger partial charge on any atom is 0.330 e. The number of rotatable bonds is 21. The van der Waals surface area contributed by atoms with Gasteiger partial charge < -0.3 is 21.1 Å². The summed E-state index contributed by atoms with van der Waals surface area (Å²) < 4.78 is 61.5. The minimum Gasteiger partial charge on any atom is -0.458 e. The number of nitrogens with zero attached hydrogens (tertiary/aromatic N) is 1. The zero-order chi connectivity index (χ0) is 36.8. The second kappa shape index (κ2) is 20.2. The number of aryl methyl sites for hydroxylation is 1. The highest BCUT2D eigenvalue weighted by atomic mass is 32.2. The van der Waals surface area contributed by atoms with Crippen LogP contribution in [0.2, 0.25) is 0 Å². The van der Waals surface area contributed by atoms with Crippen LogP contribution in [0.3, 0.4) is 0 Å². The van der Waals surface area contributed by atoms with E-state index in [4.69, 9.17) is 22.7 Å². The zero-order valence-corrected chi connectivity index (χ0v) is 31.2. The molecule has 3 rings (SSSR count). The molecule has 4 N–H and O–H groups in total. The maximum atomic E-state index is 14.0. The van der Waals surface area contributed by atoms with Crippen LogP contribution in [0.1, 0.15) is 69.6 Å². The van der Waals surface area contributed by atoms with E-state index in [2.05, 4.69) is 10.6 Å². The van der Waals surface area contributed by atoms with E-state index >= 15 is 0 Å². The molecule has 0 radical (unpaired) electrons. The molecule has 0 spiro atoms. The van der Waals surface area contributed by atoms with Gasteiger partial charge in [-0.15, -0.1) is 0 Å². The summed E-state index contributed by atoms with van der Waals surface area (Å²) in [6.07, 6.45) is 1.47. The van der Waals surface area contributed by atoms with Gasteiger partial charge in [0.15, 0.2) is 9.84 Å². The summed E-state index contributed by atoms with van der Waals surface area (Å²) in [5.41, 5.74) is 8.85. The SMILES string of the molecule is CCCC(CCC)S(=O)(=O)C[C@H](NC(=O)CCN1C(=O)CSC1=S)C(=O)O[C@H](CNCc1cccc(CC)c1)[C@@H](N)Cc1cc(F)cc(F)c1. The van der Waals surface area contributed by atoms with Crippen LogP contribution >= 0.6 is 24.0 Å². The number of hydrogen-bond donors (Lipinski definition) is 3. The van der Waals surface area contributed by atoms with E-state index in [1.807, 2.05) is 45.0 Å². The third kappa shape index (κ3) is 13.0. The third-order valence-corrected chi connectivity index (χ3v) is 12.1. The number of thioether (sulfide) groups is 1. The molecule has 0 bridgehead atoms. The molecule has 1 saturated heterocycles. The first-order chi connectivity index (χ1) is 23.8. The molecular formula is C35H48F2N4O6S3. The number of halogens is 2. The summed E-state index contributed by atoms with van der Waals surface area (Å²) in [6.45, 7) is 6.17. The van der Waals surface area contributed by atoms with Crippen molar-refractivity contribution in [3.05, 3.63) is 70.8 Å². The predicted molar refractivity (Wildman–Crippen MR) is 196 cm³/mol. The monoisotopic (exact) mass is 754 g/mol. The van der Waals surface area contributed by atoms with Crippen LogP contribution in [-0.2, 0) is 48.3 Å². The van der Waals surface area contributed by atoms with Gasteiger partial charge in [0.05, 0.1) is 16.8 Å². The molecule has 10 nitrogen and oxygen atoms in total. The predicted octanol–water partition coefficient (Wildman–Crippen LogP) is 4.22.